The number of rotatable bonds is 6. The molecule has 29 heavy (non-hydrogen) atoms. The summed E-state index contributed by atoms with van der Waals surface area (Å²) in [6, 6.07) is 3.22. The molecule has 2 amide bonds. The van der Waals surface area contributed by atoms with Crippen molar-refractivity contribution in [2.24, 2.45) is 0 Å². The number of carbonyl (C=O) groups excluding carboxylic acids is 1. The van der Waals surface area contributed by atoms with Gasteiger partial charge in [-0.3, -0.25) is 4.98 Å². The highest BCUT2D eigenvalue weighted by molar-refractivity contribution is 5.75. The third-order valence-electron chi connectivity index (χ3n) is 4.88. The number of pyridine rings is 1. The summed E-state index contributed by atoms with van der Waals surface area (Å²) in [5.74, 6) is 0.722. The van der Waals surface area contributed by atoms with E-state index in [2.05, 4.69) is 15.6 Å². The van der Waals surface area contributed by atoms with E-state index in [4.69, 9.17) is 18.9 Å². The third-order valence-corrected chi connectivity index (χ3v) is 4.88. The molecule has 0 aromatic carbocycles. The topological polar surface area (TPSA) is 90.9 Å². The minimum Gasteiger partial charge on any atom is -0.483 e. The van der Waals surface area contributed by atoms with Crippen molar-refractivity contribution in [3.63, 3.8) is 0 Å². The third kappa shape index (κ3) is 5.81. The average Bonchev–Trinajstić information content (AvgIpc) is 3.18. The highest BCUT2D eigenvalue weighted by atomic mass is 16.6. The van der Waals surface area contributed by atoms with E-state index in [1.54, 1.807) is 6.20 Å². The molecule has 3 rings (SSSR count). The zero-order valence-corrected chi connectivity index (χ0v) is 18.2. The molecule has 8 heteroatoms. The minimum atomic E-state index is -0.504. The first-order valence-corrected chi connectivity index (χ1v) is 10.1. The van der Waals surface area contributed by atoms with E-state index >= 15 is 0 Å². The van der Waals surface area contributed by atoms with Crippen LogP contribution in [0.1, 0.15) is 40.3 Å². The number of nitrogens with zero attached hydrogens (tertiary/aromatic N) is 1. The van der Waals surface area contributed by atoms with Gasteiger partial charge in [-0.25, -0.2) is 4.79 Å². The van der Waals surface area contributed by atoms with E-state index in [1.807, 2.05) is 53.7 Å². The SMILES string of the molecule is Cc1ncccc1O[C@H]1CO[C@H]2[C@@H]1OC[C@@H]2NC(=O)NC(C)(C)COC(C)(C)C. The largest absolute Gasteiger partial charge is 0.483 e. The van der Waals surface area contributed by atoms with Gasteiger partial charge >= 0.3 is 6.03 Å². The van der Waals surface area contributed by atoms with Crippen LogP contribution in [0.15, 0.2) is 18.3 Å². The van der Waals surface area contributed by atoms with Gasteiger partial charge in [0.25, 0.3) is 0 Å². The lowest BCUT2D eigenvalue weighted by molar-refractivity contribution is -0.0279. The molecule has 3 heterocycles. The van der Waals surface area contributed by atoms with Crippen molar-refractivity contribution < 1.29 is 23.7 Å². The second-order valence-corrected chi connectivity index (χ2v) is 9.33. The maximum Gasteiger partial charge on any atom is 0.315 e. The maximum absolute atomic E-state index is 12.5. The van der Waals surface area contributed by atoms with Crippen molar-refractivity contribution >= 4 is 6.03 Å². The van der Waals surface area contributed by atoms with Crippen LogP contribution in [0.5, 0.6) is 5.75 Å². The Bertz CT molecular complexity index is 719. The summed E-state index contributed by atoms with van der Waals surface area (Å²) in [6.45, 7) is 12.9. The van der Waals surface area contributed by atoms with Crippen molar-refractivity contribution in [2.45, 2.75) is 77.0 Å². The van der Waals surface area contributed by atoms with Gasteiger partial charge < -0.3 is 29.6 Å². The van der Waals surface area contributed by atoms with E-state index in [9.17, 15) is 4.79 Å². The van der Waals surface area contributed by atoms with Crippen LogP contribution in [0.25, 0.3) is 0 Å². The Morgan fingerprint density at radius 2 is 1.93 bits per heavy atom. The summed E-state index contributed by atoms with van der Waals surface area (Å²) in [7, 11) is 0. The molecule has 2 aliphatic heterocycles. The number of hydrogen-bond donors (Lipinski definition) is 2. The average molecular weight is 408 g/mol. The summed E-state index contributed by atoms with van der Waals surface area (Å²) in [4.78, 5) is 16.8. The number of amides is 2. The van der Waals surface area contributed by atoms with Crippen LogP contribution in [-0.2, 0) is 14.2 Å². The Balaban J connectivity index is 1.51. The number of urea groups is 1. The maximum atomic E-state index is 12.5. The number of aryl methyl sites for hydroxylation is 1. The molecule has 4 atom stereocenters. The first-order valence-electron chi connectivity index (χ1n) is 10.1. The first-order chi connectivity index (χ1) is 13.5. The number of ether oxygens (including phenoxy) is 4. The molecule has 2 fully saturated rings. The predicted octanol–water partition coefficient (Wildman–Crippen LogP) is 2.20. The van der Waals surface area contributed by atoms with Gasteiger partial charge in [-0.05, 0) is 53.7 Å². The van der Waals surface area contributed by atoms with Gasteiger partial charge in [0.1, 0.15) is 18.0 Å². The lowest BCUT2D eigenvalue weighted by Crippen LogP contribution is -2.55. The van der Waals surface area contributed by atoms with Gasteiger partial charge in [-0.2, -0.15) is 0 Å². The van der Waals surface area contributed by atoms with Crippen LogP contribution in [0.3, 0.4) is 0 Å². The van der Waals surface area contributed by atoms with Crippen LogP contribution in [0, 0.1) is 6.92 Å². The van der Waals surface area contributed by atoms with Crippen molar-refractivity contribution in [1.29, 1.82) is 0 Å². The number of fused-ring (bicyclic) bond motifs is 1. The summed E-state index contributed by atoms with van der Waals surface area (Å²) in [6.07, 6.45) is 1.04. The smallest absolute Gasteiger partial charge is 0.315 e. The van der Waals surface area contributed by atoms with E-state index in [0.29, 0.717) is 19.8 Å². The normalized spacial score (nSPS) is 26.8. The zero-order chi connectivity index (χ0) is 21.2. The first kappa shape index (κ1) is 21.8. The van der Waals surface area contributed by atoms with Crippen LogP contribution < -0.4 is 15.4 Å². The molecule has 8 nitrogen and oxygen atoms in total. The quantitative estimate of drug-likeness (QED) is 0.751. The summed E-state index contributed by atoms with van der Waals surface area (Å²) in [5, 5.41) is 5.94. The van der Waals surface area contributed by atoms with Crippen molar-refractivity contribution in [3.8, 4) is 5.75 Å². The summed E-state index contributed by atoms with van der Waals surface area (Å²) >= 11 is 0. The molecule has 1 aromatic rings. The molecular formula is C21H33N3O5. The Labute approximate surface area is 172 Å². The van der Waals surface area contributed by atoms with Crippen molar-refractivity contribution in [1.82, 2.24) is 15.6 Å². The standard InChI is InChI=1S/C21H33N3O5/c1-13-15(8-7-9-22-13)29-16-11-27-17-14(10-26-18(16)17)23-19(25)24-21(5,6)12-28-20(2,3)4/h7-9,14,16-18H,10-12H2,1-6H3,(H2,23,24,25)/t14-,16-,17+,18+/m0/s1. The fraction of sp³-hybridized carbons (Fsp3) is 0.714. The Morgan fingerprint density at radius 1 is 1.21 bits per heavy atom. The lowest BCUT2D eigenvalue weighted by atomic mass is 10.1. The molecule has 0 spiro atoms. The molecule has 2 aliphatic rings. The minimum absolute atomic E-state index is 0.225. The highest BCUT2D eigenvalue weighted by Crippen LogP contribution is 2.30. The molecule has 0 unspecified atom stereocenters. The van der Waals surface area contributed by atoms with Gasteiger partial charge in [0, 0.05) is 6.20 Å². The van der Waals surface area contributed by atoms with Crippen LogP contribution in [-0.4, -0.2) is 66.3 Å². The highest BCUT2D eigenvalue weighted by Gasteiger charge is 2.49. The second-order valence-electron chi connectivity index (χ2n) is 9.33. The van der Waals surface area contributed by atoms with Gasteiger partial charge in [-0.1, -0.05) is 0 Å². The van der Waals surface area contributed by atoms with E-state index in [-0.39, 0.29) is 36.0 Å². The van der Waals surface area contributed by atoms with Gasteiger partial charge in [0.15, 0.2) is 6.10 Å². The molecule has 2 saturated heterocycles. The molecule has 1 aromatic heterocycles. The van der Waals surface area contributed by atoms with Gasteiger partial charge in [0.05, 0.1) is 42.7 Å². The van der Waals surface area contributed by atoms with Crippen LogP contribution >= 0.6 is 0 Å². The van der Waals surface area contributed by atoms with Crippen molar-refractivity contribution in [3.05, 3.63) is 24.0 Å². The molecular weight excluding hydrogens is 374 g/mol. The van der Waals surface area contributed by atoms with Gasteiger partial charge in [-0.15, -0.1) is 0 Å². The van der Waals surface area contributed by atoms with E-state index in [1.165, 1.54) is 0 Å². The van der Waals surface area contributed by atoms with E-state index < -0.39 is 5.54 Å². The summed E-state index contributed by atoms with van der Waals surface area (Å²) in [5.41, 5.74) is 0.0556. The number of hydrogen-bond acceptors (Lipinski definition) is 6. The predicted molar refractivity (Wildman–Crippen MR) is 108 cm³/mol. The molecule has 0 radical (unpaired) electrons. The van der Waals surface area contributed by atoms with E-state index in [0.717, 1.165) is 11.4 Å². The Hall–Kier alpha value is -1.90. The fourth-order valence-corrected chi connectivity index (χ4v) is 3.39. The summed E-state index contributed by atoms with van der Waals surface area (Å²) < 4.78 is 23.7. The second kappa shape index (κ2) is 8.45. The Morgan fingerprint density at radius 3 is 2.62 bits per heavy atom. The molecule has 0 aliphatic carbocycles. The fourth-order valence-electron chi connectivity index (χ4n) is 3.39. The molecule has 0 saturated carbocycles. The number of nitrogens with one attached hydrogen (secondary N) is 2. The molecule has 0 bridgehead atoms. The number of aromatic nitrogens is 1. The lowest BCUT2D eigenvalue weighted by Gasteiger charge is -2.31. The number of carbonyl (C=O) groups is 1. The zero-order valence-electron chi connectivity index (χ0n) is 18.2. The van der Waals surface area contributed by atoms with Crippen LogP contribution in [0.4, 0.5) is 4.79 Å². The molecule has 162 valence electrons. The van der Waals surface area contributed by atoms with Crippen LogP contribution in [0.2, 0.25) is 0 Å². The van der Waals surface area contributed by atoms with Crippen molar-refractivity contribution in [2.75, 3.05) is 19.8 Å². The molecule has 2 N–H and O–H groups in total. The monoisotopic (exact) mass is 407 g/mol. The van der Waals surface area contributed by atoms with Gasteiger partial charge in [0.2, 0.25) is 0 Å². The Kier molecular flexibility index (Phi) is 6.36.